The molecule has 2 unspecified atom stereocenters. The van der Waals surface area contributed by atoms with Crippen molar-refractivity contribution in [3.63, 3.8) is 0 Å². The molecular formula is C27H22F2N4O4S2. The maximum atomic E-state index is 14.1. The van der Waals surface area contributed by atoms with Crippen LogP contribution in [0.4, 0.5) is 8.78 Å². The molecule has 2 heterocycles. The molecule has 0 radical (unpaired) electrons. The molecule has 200 valence electrons. The van der Waals surface area contributed by atoms with E-state index in [9.17, 15) is 27.1 Å². The van der Waals surface area contributed by atoms with Crippen molar-refractivity contribution in [3.05, 3.63) is 100 Å². The number of halogens is 2. The SMILES string of the molecule is Cc1ccc(-c2nn(-c3nc(C(=O)O)cs3)cc2Cc2ccc(S(N)(=O)=O)cc2)cc1C1=CC(F)C(F)C=C1. The Kier molecular flexibility index (Phi) is 7.02. The minimum atomic E-state index is -3.84. The van der Waals surface area contributed by atoms with Gasteiger partial charge >= 0.3 is 5.97 Å². The van der Waals surface area contributed by atoms with E-state index in [4.69, 9.17) is 10.2 Å². The van der Waals surface area contributed by atoms with Gasteiger partial charge in [0.2, 0.25) is 15.2 Å². The topological polar surface area (TPSA) is 128 Å². The van der Waals surface area contributed by atoms with E-state index >= 15 is 0 Å². The fraction of sp³-hybridized carbons (Fsp3) is 0.148. The Morgan fingerprint density at radius 2 is 1.90 bits per heavy atom. The number of carboxylic acid groups (broad SMARTS) is 1. The summed E-state index contributed by atoms with van der Waals surface area (Å²) in [5, 5.41) is 21.0. The lowest BCUT2D eigenvalue weighted by Gasteiger charge is -2.16. The number of benzene rings is 2. The Balaban J connectivity index is 1.59. The summed E-state index contributed by atoms with van der Waals surface area (Å²) >= 11 is 1.12. The van der Waals surface area contributed by atoms with Crippen LogP contribution in [0, 0.1) is 6.92 Å². The van der Waals surface area contributed by atoms with Crippen molar-refractivity contribution >= 4 is 32.9 Å². The second-order valence-corrected chi connectivity index (χ2v) is 11.4. The Morgan fingerprint density at radius 1 is 1.15 bits per heavy atom. The Hall–Kier alpha value is -4.00. The summed E-state index contributed by atoms with van der Waals surface area (Å²) in [7, 11) is -3.84. The fourth-order valence-electron chi connectivity index (χ4n) is 4.25. The number of allylic oxidation sites excluding steroid dienone is 4. The molecular weight excluding hydrogens is 546 g/mol. The third-order valence-electron chi connectivity index (χ3n) is 6.27. The minimum Gasteiger partial charge on any atom is -0.476 e. The van der Waals surface area contributed by atoms with Crippen LogP contribution in [-0.2, 0) is 16.4 Å². The number of hydrogen-bond acceptors (Lipinski definition) is 6. The zero-order chi connectivity index (χ0) is 27.9. The van der Waals surface area contributed by atoms with Crippen LogP contribution in [0.3, 0.4) is 0 Å². The van der Waals surface area contributed by atoms with Crippen LogP contribution in [-0.4, -0.2) is 46.6 Å². The summed E-state index contributed by atoms with van der Waals surface area (Å²) in [5.41, 5.74) is 4.85. The molecule has 2 aromatic heterocycles. The lowest BCUT2D eigenvalue weighted by atomic mass is 9.91. The standard InChI is InChI=1S/C27H22F2N4O4S2/c1-15-2-5-18(11-21(15)17-6-9-22(28)23(29)12-17)25-19(10-16-3-7-20(8-4-16)39(30,36)37)13-33(32-25)27-31-24(14-38-27)26(34)35/h2-9,11-14,22-23H,10H2,1H3,(H,34,35)(H2,30,36,37). The van der Waals surface area contributed by atoms with Crippen LogP contribution in [0.25, 0.3) is 22.0 Å². The summed E-state index contributed by atoms with van der Waals surface area (Å²) in [5.74, 6) is -1.15. The molecule has 0 saturated carbocycles. The van der Waals surface area contributed by atoms with Crippen molar-refractivity contribution in [2.24, 2.45) is 5.14 Å². The highest BCUT2D eigenvalue weighted by Crippen LogP contribution is 2.33. The number of primary sulfonamides is 1. The van der Waals surface area contributed by atoms with E-state index in [1.165, 1.54) is 34.3 Å². The van der Waals surface area contributed by atoms with Gasteiger partial charge in [0.05, 0.1) is 10.6 Å². The number of aryl methyl sites for hydroxylation is 1. The maximum absolute atomic E-state index is 14.1. The van der Waals surface area contributed by atoms with Crippen molar-refractivity contribution in [1.29, 1.82) is 0 Å². The van der Waals surface area contributed by atoms with Crippen LogP contribution < -0.4 is 5.14 Å². The Morgan fingerprint density at radius 3 is 2.54 bits per heavy atom. The second kappa shape index (κ2) is 10.3. The predicted molar refractivity (Wildman–Crippen MR) is 144 cm³/mol. The molecule has 3 N–H and O–H groups in total. The first-order chi connectivity index (χ1) is 18.5. The largest absolute Gasteiger partial charge is 0.476 e. The maximum Gasteiger partial charge on any atom is 0.355 e. The molecule has 2 aromatic carbocycles. The Labute approximate surface area is 226 Å². The van der Waals surface area contributed by atoms with Crippen molar-refractivity contribution in [1.82, 2.24) is 14.8 Å². The minimum absolute atomic E-state index is 0.00942. The highest BCUT2D eigenvalue weighted by Gasteiger charge is 2.22. The molecule has 1 aliphatic carbocycles. The monoisotopic (exact) mass is 568 g/mol. The van der Waals surface area contributed by atoms with Gasteiger partial charge in [-0.2, -0.15) is 5.10 Å². The number of nitrogens with two attached hydrogens (primary N) is 1. The first-order valence-electron chi connectivity index (χ1n) is 11.7. The molecule has 0 aliphatic heterocycles. The zero-order valence-corrected chi connectivity index (χ0v) is 22.1. The number of hydrogen-bond donors (Lipinski definition) is 2. The highest BCUT2D eigenvalue weighted by atomic mass is 32.2. The molecule has 1 aliphatic rings. The summed E-state index contributed by atoms with van der Waals surface area (Å²) in [6.07, 6.45) is 2.68. The summed E-state index contributed by atoms with van der Waals surface area (Å²) in [6, 6.07) is 11.7. The molecule has 0 fully saturated rings. The molecule has 4 aromatic rings. The van der Waals surface area contributed by atoms with Crippen LogP contribution in [0.1, 0.15) is 32.7 Å². The number of aromatic nitrogens is 3. The zero-order valence-electron chi connectivity index (χ0n) is 20.5. The summed E-state index contributed by atoms with van der Waals surface area (Å²) in [6.45, 7) is 1.87. The van der Waals surface area contributed by atoms with Gasteiger partial charge in [-0.3, -0.25) is 0 Å². The number of carbonyl (C=O) groups is 1. The lowest BCUT2D eigenvalue weighted by Crippen LogP contribution is -2.15. The first-order valence-corrected chi connectivity index (χ1v) is 14.1. The van der Waals surface area contributed by atoms with E-state index in [0.29, 0.717) is 28.4 Å². The van der Waals surface area contributed by atoms with Gasteiger partial charge in [0, 0.05) is 29.1 Å². The quantitative estimate of drug-likeness (QED) is 0.327. The molecule has 0 saturated heterocycles. The predicted octanol–water partition coefficient (Wildman–Crippen LogP) is 4.87. The van der Waals surface area contributed by atoms with E-state index in [2.05, 4.69) is 4.98 Å². The number of sulfonamides is 1. The lowest BCUT2D eigenvalue weighted by molar-refractivity contribution is 0.0691. The van der Waals surface area contributed by atoms with E-state index in [0.717, 1.165) is 33.6 Å². The molecule has 0 amide bonds. The average Bonchev–Trinajstić information content (AvgIpc) is 3.54. The van der Waals surface area contributed by atoms with Crippen molar-refractivity contribution < 1.29 is 27.1 Å². The van der Waals surface area contributed by atoms with E-state index in [1.807, 2.05) is 25.1 Å². The fourth-order valence-corrected chi connectivity index (χ4v) is 5.48. The molecule has 0 spiro atoms. The Bertz CT molecular complexity index is 1740. The number of nitrogens with zero attached hydrogens (tertiary/aromatic N) is 3. The first kappa shape index (κ1) is 26.6. The third-order valence-corrected chi connectivity index (χ3v) is 8.03. The van der Waals surface area contributed by atoms with Gasteiger partial charge < -0.3 is 5.11 Å². The average molecular weight is 569 g/mol. The van der Waals surface area contributed by atoms with Gasteiger partial charge in [-0.05, 0) is 59.5 Å². The molecule has 0 bridgehead atoms. The normalized spacial score (nSPS) is 17.3. The van der Waals surface area contributed by atoms with Crippen LogP contribution in [0.2, 0.25) is 0 Å². The number of alkyl halides is 2. The number of thiazole rings is 1. The van der Waals surface area contributed by atoms with E-state index in [-0.39, 0.29) is 10.6 Å². The van der Waals surface area contributed by atoms with Gasteiger partial charge in [0.25, 0.3) is 0 Å². The van der Waals surface area contributed by atoms with Gasteiger partial charge in [0.1, 0.15) is 0 Å². The number of aromatic carboxylic acids is 1. The molecule has 2 atom stereocenters. The smallest absolute Gasteiger partial charge is 0.355 e. The van der Waals surface area contributed by atoms with Crippen LogP contribution in [0.15, 0.2) is 77.2 Å². The van der Waals surface area contributed by atoms with Gasteiger partial charge in [-0.25, -0.2) is 36.8 Å². The molecule has 39 heavy (non-hydrogen) atoms. The molecule has 12 heteroatoms. The van der Waals surface area contributed by atoms with Gasteiger partial charge in [-0.1, -0.05) is 30.3 Å². The van der Waals surface area contributed by atoms with E-state index < -0.39 is 28.3 Å². The molecule has 5 rings (SSSR count). The number of rotatable bonds is 7. The number of carboxylic acids is 1. The second-order valence-electron chi connectivity index (χ2n) is 9.03. The van der Waals surface area contributed by atoms with E-state index in [1.54, 1.807) is 24.4 Å². The van der Waals surface area contributed by atoms with Crippen molar-refractivity contribution in [2.45, 2.75) is 30.6 Å². The third kappa shape index (κ3) is 5.58. The van der Waals surface area contributed by atoms with Gasteiger partial charge in [-0.15, -0.1) is 11.3 Å². The van der Waals surface area contributed by atoms with Gasteiger partial charge in [0.15, 0.2) is 18.0 Å². The highest BCUT2D eigenvalue weighted by molar-refractivity contribution is 7.89. The van der Waals surface area contributed by atoms with Crippen LogP contribution >= 0.6 is 11.3 Å². The summed E-state index contributed by atoms with van der Waals surface area (Å²) in [4.78, 5) is 15.5. The van der Waals surface area contributed by atoms with Crippen molar-refractivity contribution in [2.75, 3.05) is 0 Å². The summed E-state index contributed by atoms with van der Waals surface area (Å²) < 4.78 is 52.6. The molecule has 8 nitrogen and oxygen atoms in total. The van der Waals surface area contributed by atoms with Crippen molar-refractivity contribution in [3.8, 4) is 16.4 Å². The van der Waals surface area contributed by atoms with Crippen LogP contribution in [0.5, 0.6) is 0 Å².